The van der Waals surface area contributed by atoms with Crippen molar-refractivity contribution in [1.29, 1.82) is 0 Å². The highest BCUT2D eigenvalue weighted by Gasteiger charge is 2.03. The number of rotatable bonds is 3. The van der Waals surface area contributed by atoms with Gasteiger partial charge < -0.3 is 10.1 Å². The van der Waals surface area contributed by atoms with Crippen molar-refractivity contribution in [1.82, 2.24) is 5.32 Å². The van der Waals surface area contributed by atoms with Crippen molar-refractivity contribution < 1.29 is 9.53 Å². The van der Waals surface area contributed by atoms with Gasteiger partial charge in [-0.05, 0) is 12.1 Å². The maximum Gasteiger partial charge on any atom is 0.216 e. The van der Waals surface area contributed by atoms with Gasteiger partial charge in [0.25, 0.3) is 0 Å². The third kappa shape index (κ3) is 3.30. The van der Waals surface area contributed by atoms with Crippen molar-refractivity contribution in [2.45, 2.75) is 13.3 Å². The Morgan fingerprint density at radius 2 is 1.95 bits per heavy atom. The molecule has 0 radical (unpaired) electrons. The Morgan fingerprint density at radius 1 is 1.20 bits per heavy atom. The van der Waals surface area contributed by atoms with Gasteiger partial charge in [0.05, 0.1) is 7.11 Å². The average molecular weight is 267 g/mol. The molecule has 0 heterocycles. The zero-order valence-corrected chi connectivity index (χ0v) is 11.7. The highest BCUT2D eigenvalue weighted by atomic mass is 16.5. The normalized spacial score (nSPS) is 9.70. The molecular formula is C17H17NO2. The molecule has 0 spiro atoms. The molecule has 0 atom stereocenters. The molecule has 2 aromatic carbocycles. The van der Waals surface area contributed by atoms with Crippen LogP contribution in [0.1, 0.15) is 18.9 Å². The molecule has 20 heavy (non-hydrogen) atoms. The number of carbonyl (C=O) groups is 1. The molecule has 0 aliphatic carbocycles. The molecule has 0 aromatic heterocycles. The van der Waals surface area contributed by atoms with Gasteiger partial charge in [0.15, 0.2) is 0 Å². The summed E-state index contributed by atoms with van der Waals surface area (Å²) in [7, 11) is 1.67. The molecule has 1 N–H and O–H groups in total. The molecule has 0 bridgehead atoms. The van der Waals surface area contributed by atoms with Gasteiger partial charge in [0, 0.05) is 36.2 Å². The second kappa shape index (κ2) is 6.63. The molecule has 0 aliphatic rings. The fourth-order valence-electron chi connectivity index (χ4n) is 2.02. The lowest BCUT2D eigenvalue weighted by atomic mass is 10.0. The number of nitrogens with one attached hydrogen (secondary N) is 1. The lowest BCUT2D eigenvalue weighted by Crippen LogP contribution is -2.20. The molecule has 1 amide bonds. The molecule has 3 nitrogen and oxygen atoms in total. The van der Waals surface area contributed by atoms with E-state index >= 15 is 0 Å². The number of methoxy groups -OCH3 is 1. The first kappa shape index (κ1) is 14.0. The lowest BCUT2D eigenvalue weighted by molar-refractivity contribution is -0.118. The van der Waals surface area contributed by atoms with Crippen LogP contribution in [0, 0.1) is 11.8 Å². The molecule has 2 aromatic rings. The third-order valence-corrected chi connectivity index (χ3v) is 2.95. The van der Waals surface area contributed by atoms with Crippen LogP contribution in [-0.2, 0) is 4.79 Å². The van der Waals surface area contributed by atoms with Crippen LogP contribution in [0.4, 0.5) is 0 Å². The Labute approximate surface area is 118 Å². The first-order chi connectivity index (χ1) is 9.72. The molecule has 0 unspecified atom stereocenters. The zero-order valence-electron chi connectivity index (χ0n) is 11.7. The topological polar surface area (TPSA) is 38.3 Å². The summed E-state index contributed by atoms with van der Waals surface area (Å²) >= 11 is 0. The van der Waals surface area contributed by atoms with Crippen molar-refractivity contribution in [3.05, 3.63) is 42.0 Å². The molecule has 0 saturated heterocycles. The number of hydrogen-bond donors (Lipinski definition) is 1. The smallest absolute Gasteiger partial charge is 0.216 e. The van der Waals surface area contributed by atoms with Crippen LogP contribution in [0.3, 0.4) is 0 Å². The minimum absolute atomic E-state index is 0.0262. The molecule has 0 fully saturated rings. The Hall–Kier alpha value is -2.47. The van der Waals surface area contributed by atoms with Gasteiger partial charge in [-0.1, -0.05) is 36.1 Å². The summed E-state index contributed by atoms with van der Waals surface area (Å²) in [6, 6.07) is 11.9. The summed E-state index contributed by atoms with van der Waals surface area (Å²) < 4.78 is 5.36. The predicted octanol–water partition coefficient (Wildman–Crippen LogP) is 2.73. The third-order valence-electron chi connectivity index (χ3n) is 2.95. The number of hydrogen-bond acceptors (Lipinski definition) is 2. The molecule has 102 valence electrons. The number of fused-ring (bicyclic) bond motifs is 1. The summed E-state index contributed by atoms with van der Waals surface area (Å²) in [5.74, 6) is 7.06. The Bertz CT molecular complexity index is 680. The standard InChI is InChI=1S/C17H17NO2/c1-13(19)18-12-6-5-7-14-10-11-17(20-2)16-9-4-3-8-15(14)16/h3-4,8-11H,6,12H2,1-2H3,(H,18,19). The number of ether oxygens (including phenoxy) is 1. The summed E-state index contributed by atoms with van der Waals surface area (Å²) in [5, 5.41) is 4.87. The van der Waals surface area contributed by atoms with Crippen LogP contribution in [0.5, 0.6) is 5.75 Å². The van der Waals surface area contributed by atoms with E-state index in [-0.39, 0.29) is 5.91 Å². The van der Waals surface area contributed by atoms with Crippen LogP contribution in [-0.4, -0.2) is 19.6 Å². The van der Waals surface area contributed by atoms with E-state index in [2.05, 4.69) is 17.2 Å². The van der Waals surface area contributed by atoms with Crippen LogP contribution in [0.2, 0.25) is 0 Å². The number of amides is 1. The molecule has 3 heteroatoms. The fourth-order valence-corrected chi connectivity index (χ4v) is 2.02. The van der Waals surface area contributed by atoms with E-state index in [1.54, 1.807) is 7.11 Å². The van der Waals surface area contributed by atoms with E-state index in [0.717, 1.165) is 22.1 Å². The van der Waals surface area contributed by atoms with Gasteiger partial charge in [0.1, 0.15) is 5.75 Å². The summed E-state index contributed by atoms with van der Waals surface area (Å²) in [6.45, 7) is 2.08. The van der Waals surface area contributed by atoms with Crippen LogP contribution >= 0.6 is 0 Å². The molecular weight excluding hydrogens is 250 g/mol. The Balaban J connectivity index is 2.23. The summed E-state index contributed by atoms with van der Waals surface area (Å²) in [6.07, 6.45) is 0.639. The first-order valence-electron chi connectivity index (χ1n) is 6.51. The van der Waals surface area contributed by atoms with Crippen LogP contribution in [0.25, 0.3) is 10.8 Å². The molecule has 2 rings (SSSR count). The maximum atomic E-state index is 10.7. The van der Waals surface area contributed by atoms with E-state index in [9.17, 15) is 4.79 Å². The van der Waals surface area contributed by atoms with Gasteiger partial charge in [-0.2, -0.15) is 0 Å². The van der Waals surface area contributed by atoms with Crippen molar-refractivity contribution >= 4 is 16.7 Å². The van der Waals surface area contributed by atoms with Gasteiger partial charge in [0.2, 0.25) is 5.91 Å². The van der Waals surface area contributed by atoms with E-state index in [1.165, 1.54) is 6.92 Å². The van der Waals surface area contributed by atoms with Crippen LogP contribution < -0.4 is 10.1 Å². The second-order valence-electron chi connectivity index (χ2n) is 4.40. The van der Waals surface area contributed by atoms with Crippen molar-refractivity contribution in [3.63, 3.8) is 0 Å². The summed E-state index contributed by atoms with van der Waals surface area (Å²) in [4.78, 5) is 10.7. The van der Waals surface area contributed by atoms with E-state index in [1.807, 2.05) is 36.4 Å². The molecule has 0 saturated carbocycles. The Kier molecular flexibility index (Phi) is 4.62. The van der Waals surface area contributed by atoms with Gasteiger partial charge in [-0.3, -0.25) is 4.79 Å². The van der Waals surface area contributed by atoms with Crippen molar-refractivity contribution in [2.24, 2.45) is 0 Å². The minimum Gasteiger partial charge on any atom is -0.496 e. The van der Waals surface area contributed by atoms with Crippen molar-refractivity contribution in [3.8, 4) is 17.6 Å². The quantitative estimate of drug-likeness (QED) is 0.686. The zero-order chi connectivity index (χ0) is 14.4. The highest BCUT2D eigenvalue weighted by molar-refractivity contribution is 5.93. The number of carbonyl (C=O) groups excluding carboxylic acids is 1. The summed E-state index contributed by atoms with van der Waals surface area (Å²) in [5.41, 5.74) is 0.976. The van der Waals surface area contributed by atoms with Gasteiger partial charge in [-0.15, -0.1) is 0 Å². The monoisotopic (exact) mass is 267 g/mol. The predicted molar refractivity (Wildman–Crippen MR) is 80.7 cm³/mol. The van der Waals surface area contributed by atoms with Crippen molar-refractivity contribution in [2.75, 3.05) is 13.7 Å². The van der Waals surface area contributed by atoms with E-state index in [0.29, 0.717) is 13.0 Å². The Morgan fingerprint density at radius 3 is 2.65 bits per heavy atom. The minimum atomic E-state index is -0.0262. The maximum absolute atomic E-state index is 10.7. The van der Waals surface area contributed by atoms with E-state index < -0.39 is 0 Å². The second-order valence-corrected chi connectivity index (χ2v) is 4.40. The molecule has 0 aliphatic heterocycles. The largest absolute Gasteiger partial charge is 0.496 e. The van der Waals surface area contributed by atoms with Gasteiger partial charge >= 0.3 is 0 Å². The van der Waals surface area contributed by atoms with Crippen LogP contribution in [0.15, 0.2) is 36.4 Å². The average Bonchev–Trinajstić information content (AvgIpc) is 2.46. The lowest BCUT2D eigenvalue weighted by Gasteiger charge is -2.06. The highest BCUT2D eigenvalue weighted by Crippen LogP contribution is 2.27. The first-order valence-corrected chi connectivity index (χ1v) is 6.51. The number of benzene rings is 2. The SMILES string of the molecule is COc1ccc(C#CCCNC(C)=O)c2ccccc12. The van der Waals surface area contributed by atoms with E-state index in [4.69, 9.17) is 4.74 Å². The van der Waals surface area contributed by atoms with Gasteiger partial charge in [-0.25, -0.2) is 0 Å². The fraction of sp³-hybridized carbons (Fsp3) is 0.235.